The van der Waals surface area contributed by atoms with E-state index in [0.717, 1.165) is 28.1 Å². The Morgan fingerprint density at radius 3 is 3.21 bits per heavy atom. The molecular formula is C14H16N4S. The zero-order valence-corrected chi connectivity index (χ0v) is 11.8. The number of nitrogens with zero attached hydrogens (tertiary/aromatic N) is 3. The molecule has 0 spiro atoms. The predicted octanol–water partition coefficient (Wildman–Crippen LogP) is 4.03. The van der Waals surface area contributed by atoms with E-state index >= 15 is 0 Å². The third-order valence-electron chi connectivity index (χ3n) is 2.44. The van der Waals surface area contributed by atoms with Crippen molar-refractivity contribution in [1.82, 2.24) is 9.97 Å². The normalized spacial score (nSPS) is 12.2. The van der Waals surface area contributed by atoms with Gasteiger partial charge in [0.05, 0.1) is 16.2 Å². The molecule has 0 saturated heterocycles. The molecule has 0 aliphatic rings. The average Bonchev–Trinajstić information content (AvgIpc) is 2.45. The van der Waals surface area contributed by atoms with Gasteiger partial charge in [0.2, 0.25) is 0 Å². The molecule has 1 aromatic heterocycles. The lowest BCUT2D eigenvalue weighted by molar-refractivity contribution is 1.21. The van der Waals surface area contributed by atoms with E-state index in [9.17, 15) is 0 Å². The van der Waals surface area contributed by atoms with Crippen LogP contribution in [0.15, 0.2) is 48.0 Å². The van der Waals surface area contributed by atoms with Crippen molar-refractivity contribution >= 4 is 33.6 Å². The van der Waals surface area contributed by atoms with Gasteiger partial charge in [-0.05, 0) is 19.4 Å². The van der Waals surface area contributed by atoms with E-state index in [1.165, 1.54) is 11.9 Å². The number of aromatic nitrogens is 2. The number of nitrogens with one attached hydrogen (secondary N) is 1. The standard InChI is InChI=1S/C14H16N4S/c1-3-4-8-16-11(2)19-18-13-7-5-6-12-9-15-10-17-14(12)13/h4-10,18H,3H2,1-2H3/b8-4-,16-11?. The number of benzene rings is 1. The van der Waals surface area contributed by atoms with Gasteiger partial charge in [-0.25, -0.2) is 9.97 Å². The van der Waals surface area contributed by atoms with Crippen LogP contribution in [0.4, 0.5) is 5.69 Å². The van der Waals surface area contributed by atoms with Crippen LogP contribution in [-0.4, -0.2) is 15.0 Å². The van der Waals surface area contributed by atoms with Gasteiger partial charge in [0.1, 0.15) is 6.33 Å². The van der Waals surface area contributed by atoms with Gasteiger partial charge in [-0.3, -0.25) is 4.99 Å². The number of hydrogen-bond donors (Lipinski definition) is 1. The minimum Gasteiger partial charge on any atom is -0.323 e. The first-order valence-electron chi connectivity index (χ1n) is 6.12. The molecule has 1 heterocycles. The summed E-state index contributed by atoms with van der Waals surface area (Å²) in [5.41, 5.74) is 1.89. The van der Waals surface area contributed by atoms with E-state index < -0.39 is 0 Å². The molecule has 2 rings (SSSR count). The number of anilines is 1. The fraction of sp³-hybridized carbons (Fsp3) is 0.214. The molecule has 0 radical (unpaired) electrons. The maximum absolute atomic E-state index is 4.31. The van der Waals surface area contributed by atoms with E-state index in [1.54, 1.807) is 6.33 Å². The number of para-hydroxylation sites is 1. The summed E-state index contributed by atoms with van der Waals surface area (Å²) in [7, 11) is 0. The van der Waals surface area contributed by atoms with Crippen molar-refractivity contribution in [3.63, 3.8) is 0 Å². The molecule has 0 unspecified atom stereocenters. The van der Waals surface area contributed by atoms with Crippen molar-refractivity contribution in [1.29, 1.82) is 0 Å². The summed E-state index contributed by atoms with van der Waals surface area (Å²) in [6, 6.07) is 5.98. The van der Waals surface area contributed by atoms with E-state index in [0.29, 0.717) is 0 Å². The third-order valence-corrected chi connectivity index (χ3v) is 3.16. The zero-order chi connectivity index (χ0) is 13.5. The summed E-state index contributed by atoms with van der Waals surface area (Å²) in [5, 5.41) is 1.98. The average molecular weight is 272 g/mol. The second-order valence-corrected chi connectivity index (χ2v) is 4.91. The zero-order valence-electron chi connectivity index (χ0n) is 11.0. The second-order valence-electron chi connectivity index (χ2n) is 3.91. The summed E-state index contributed by atoms with van der Waals surface area (Å²) in [5.74, 6) is 0. The van der Waals surface area contributed by atoms with E-state index in [-0.39, 0.29) is 0 Å². The van der Waals surface area contributed by atoms with Gasteiger partial charge in [0.25, 0.3) is 0 Å². The predicted molar refractivity (Wildman–Crippen MR) is 83.3 cm³/mol. The van der Waals surface area contributed by atoms with E-state index in [4.69, 9.17) is 0 Å². The van der Waals surface area contributed by atoms with Crippen LogP contribution in [0.25, 0.3) is 10.9 Å². The van der Waals surface area contributed by atoms with Crippen LogP contribution in [0.3, 0.4) is 0 Å². The molecule has 1 N–H and O–H groups in total. The van der Waals surface area contributed by atoms with Crippen molar-refractivity contribution in [2.24, 2.45) is 4.99 Å². The van der Waals surface area contributed by atoms with Crippen LogP contribution >= 0.6 is 11.9 Å². The molecule has 0 fully saturated rings. The van der Waals surface area contributed by atoms with Crippen molar-refractivity contribution in [3.05, 3.63) is 43.0 Å². The maximum Gasteiger partial charge on any atom is 0.116 e. The van der Waals surface area contributed by atoms with E-state index in [2.05, 4.69) is 26.6 Å². The lowest BCUT2D eigenvalue weighted by Crippen LogP contribution is -1.94. The second kappa shape index (κ2) is 6.89. The summed E-state index contributed by atoms with van der Waals surface area (Å²) >= 11 is 1.48. The topological polar surface area (TPSA) is 50.2 Å². The number of fused-ring (bicyclic) bond motifs is 1. The fourth-order valence-electron chi connectivity index (χ4n) is 1.51. The molecule has 4 nitrogen and oxygen atoms in total. The van der Waals surface area contributed by atoms with Crippen LogP contribution in [0, 0.1) is 0 Å². The molecule has 0 aliphatic carbocycles. The van der Waals surface area contributed by atoms with Gasteiger partial charge >= 0.3 is 0 Å². The molecule has 0 saturated carbocycles. The Balaban J connectivity index is 2.10. The Labute approximate surface area is 117 Å². The Bertz CT molecular complexity index is 602. The molecule has 0 atom stereocenters. The van der Waals surface area contributed by atoms with Gasteiger partial charge in [-0.2, -0.15) is 0 Å². The summed E-state index contributed by atoms with van der Waals surface area (Å²) in [4.78, 5) is 12.6. The summed E-state index contributed by atoms with van der Waals surface area (Å²) < 4.78 is 3.28. The first kappa shape index (κ1) is 13.5. The van der Waals surface area contributed by atoms with Gasteiger partial charge in [0, 0.05) is 29.7 Å². The van der Waals surface area contributed by atoms with Gasteiger partial charge < -0.3 is 4.72 Å². The summed E-state index contributed by atoms with van der Waals surface area (Å²) in [6.45, 7) is 4.06. The molecule has 98 valence electrons. The highest BCUT2D eigenvalue weighted by Crippen LogP contribution is 2.22. The third kappa shape index (κ3) is 3.79. The summed E-state index contributed by atoms with van der Waals surface area (Å²) in [6.07, 6.45) is 8.21. The molecule has 0 aliphatic heterocycles. The lowest BCUT2D eigenvalue weighted by Gasteiger charge is -2.06. The van der Waals surface area contributed by atoms with Gasteiger partial charge in [-0.15, -0.1) is 0 Å². The Hall–Kier alpha value is -1.88. The number of allylic oxidation sites excluding steroid dienone is 1. The van der Waals surface area contributed by atoms with Crippen molar-refractivity contribution in [2.45, 2.75) is 20.3 Å². The first-order chi connectivity index (χ1) is 9.31. The molecule has 1 aromatic carbocycles. The highest BCUT2D eigenvalue weighted by molar-refractivity contribution is 8.15. The first-order valence-corrected chi connectivity index (χ1v) is 6.94. The van der Waals surface area contributed by atoms with Crippen LogP contribution in [0.5, 0.6) is 0 Å². The fourth-order valence-corrected chi connectivity index (χ4v) is 2.05. The molecule has 0 amide bonds. The molecule has 2 aromatic rings. The highest BCUT2D eigenvalue weighted by atomic mass is 32.2. The monoisotopic (exact) mass is 272 g/mol. The SMILES string of the molecule is CC/C=C\N=C(C)SNc1cccc2cncnc12. The molecule has 5 heteroatoms. The Morgan fingerprint density at radius 2 is 2.37 bits per heavy atom. The number of aliphatic imine (C=N–C) groups is 1. The van der Waals surface area contributed by atoms with Crippen LogP contribution in [-0.2, 0) is 0 Å². The minimum absolute atomic E-state index is 0.918. The van der Waals surface area contributed by atoms with Crippen LogP contribution in [0.1, 0.15) is 20.3 Å². The molecule has 19 heavy (non-hydrogen) atoms. The largest absolute Gasteiger partial charge is 0.323 e. The molecular weight excluding hydrogens is 256 g/mol. The van der Waals surface area contributed by atoms with Crippen molar-refractivity contribution in [2.75, 3.05) is 4.72 Å². The Kier molecular flexibility index (Phi) is 4.92. The van der Waals surface area contributed by atoms with Crippen LogP contribution in [0.2, 0.25) is 0 Å². The number of rotatable bonds is 4. The van der Waals surface area contributed by atoms with Crippen molar-refractivity contribution < 1.29 is 0 Å². The number of hydrogen-bond acceptors (Lipinski definition) is 5. The Morgan fingerprint density at radius 1 is 1.47 bits per heavy atom. The lowest BCUT2D eigenvalue weighted by atomic mass is 10.2. The van der Waals surface area contributed by atoms with Crippen molar-refractivity contribution in [3.8, 4) is 0 Å². The highest BCUT2D eigenvalue weighted by Gasteiger charge is 2.02. The van der Waals surface area contributed by atoms with E-state index in [1.807, 2.05) is 43.6 Å². The van der Waals surface area contributed by atoms with Gasteiger partial charge in [-0.1, -0.05) is 25.1 Å². The van der Waals surface area contributed by atoms with Crippen LogP contribution < -0.4 is 4.72 Å². The quantitative estimate of drug-likeness (QED) is 0.518. The maximum atomic E-state index is 4.31. The smallest absolute Gasteiger partial charge is 0.116 e. The molecule has 0 bridgehead atoms. The van der Waals surface area contributed by atoms with Gasteiger partial charge in [0.15, 0.2) is 0 Å². The minimum atomic E-state index is 0.918.